The quantitative estimate of drug-likeness (QED) is 0.665. The van der Waals surface area contributed by atoms with Crippen LogP contribution in [0.15, 0.2) is 12.1 Å². The second-order valence-corrected chi connectivity index (χ2v) is 2.40. The average molecular weight is 182 g/mol. The van der Waals surface area contributed by atoms with Gasteiger partial charge in [-0.05, 0) is 6.92 Å². The molecule has 0 radical (unpaired) electrons. The minimum atomic E-state index is -4.21. The highest BCUT2D eigenvalue weighted by atomic mass is 19.4. The monoisotopic (exact) mass is 182 g/mol. The molecule has 2 N–H and O–H groups in total. The summed E-state index contributed by atoms with van der Waals surface area (Å²) in [6.45, 7) is 0.617. The molecule has 6 heteroatoms. The third kappa shape index (κ3) is 2.89. The molecular weight excluding hydrogens is 173 g/mol. The van der Waals surface area contributed by atoms with Gasteiger partial charge >= 0.3 is 6.18 Å². The third-order valence-corrected chi connectivity index (χ3v) is 1.22. The summed E-state index contributed by atoms with van der Waals surface area (Å²) < 4.78 is 39.8. The lowest BCUT2D eigenvalue weighted by Gasteiger charge is -2.11. The highest BCUT2D eigenvalue weighted by Crippen LogP contribution is 2.14. The number of rotatable bonds is 2. The maximum Gasteiger partial charge on any atom is 0.405 e. The molecule has 0 fully saturated rings. The van der Waals surface area contributed by atoms with E-state index in [9.17, 15) is 13.2 Å². The number of hydrogen-bond donors (Lipinski definition) is 2. The van der Waals surface area contributed by atoms with Gasteiger partial charge in [-0.25, -0.2) is 0 Å². The Kier molecular flexibility index (Phi) is 2.35. The van der Waals surface area contributed by atoms with Crippen LogP contribution in [0.4, 0.5) is 13.2 Å². The molecule has 0 amide bonds. The summed E-state index contributed by atoms with van der Waals surface area (Å²) in [4.78, 5) is 0. The summed E-state index contributed by atoms with van der Waals surface area (Å²) in [5.41, 5.74) is 0. The van der Waals surface area contributed by atoms with E-state index >= 15 is 0 Å². The van der Waals surface area contributed by atoms with Crippen molar-refractivity contribution in [2.75, 3.05) is 6.54 Å². The van der Waals surface area contributed by atoms with Gasteiger partial charge in [0.05, 0.1) is 6.20 Å². The SMILES string of the molecule is CC1NC=C(NCC(F)(F)F)O1. The second kappa shape index (κ2) is 3.12. The van der Waals surface area contributed by atoms with Crippen LogP contribution in [0, 0.1) is 0 Å². The molecular formula is C6H9F3N2O. The van der Waals surface area contributed by atoms with Gasteiger partial charge in [0.25, 0.3) is 0 Å². The maximum absolute atomic E-state index is 11.6. The van der Waals surface area contributed by atoms with Gasteiger partial charge in [0.2, 0.25) is 5.88 Å². The van der Waals surface area contributed by atoms with Crippen LogP contribution >= 0.6 is 0 Å². The first-order valence-electron chi connectivity index (χ1n) is 3.41. The highest BCUT2D eigenvalue weighted by molar-refractivity contribution is 4.95. The van der Waals surface area contributed by atoms with Crippen LogP contribution in [0.2, 0.25) is 0 Å². The average Bonchev–Trinajstić information content (AvgIpc) is 2.30. The molecule has 1 rings (SSSR count). The molecule has 0 bridgehead atoms. The van der Waals surface area contributed by atoms with Crippen molar-refractivity contribution >= 4 is 0 Å². The van der Waals surface area contributed by atoms with E-state index in [1.54, 1.807) is 6.92 Å². The van der Waals surface area contributed by atoms with Crippen molar-refractivity contribution in [1.29, 1.82) is 0 Å². The fourth-order valence-corrected chi connectivity index (χ4v) is 0.732. The Morgan fingerprint density at radius 3 is 2.75 bits per heavy atom. The summed E-state index contributed by atoms with van der Waals surface area (Å²) in [7, 11) is 0. The number of nitrogens with one attached hydrogen (secondary N) is 2. The van der Waals surface area contributed by atoms with Gasteiger partial charge < -0.3 is 15.4 Å². The number of alkyl halides is 3. The highest BCUT2D eigenvalue weighted by Gasteiger charge is 2.28. The van der Waals surface area contributed by atoms with Gasteiger partial charge in [-0.1, -0.05) is 0 Å². The van der Waals surface area contributed by atoms with Crippen LogP contribution in [0.25, 0.3) is 0 Å². The largest absolute Gasteiger partial charge is 0.455 e. The van der Waals surface area contributed by atoms with Crippen molar-refractivity contribution in [3.05, 3.63) is 12.1 Å². The zero-order valence-electron chi connectivity index (χ0n) is 6.40. The Morgan fingerprint density at radius 2 is 2.33 bits per heavy atom. The maximum atomic E-state index is 11.6. The van der Waals surface area contributed by atoms with Gasteiger partial charge in [0.15, 0.2) is 6.23 Å². The zero-order chi connectivity index (χ0) is 9.19. The molecule has 0 aliphatic carbocycles. The van der Waals surface area contributed by atoms with E-state index in [4.69, 9.17) is 4.74 Å². The van der Waals surface area contributed by atoms with Crippen molar-refractivity contribution in [2.45, 2.75) is 19.3 Å². The lowest BCUT2D eigenvalue weighted by Crippen LogP contribution is -2.28. The van der Waals surface area contributed by atoms with E-state index in [-0.39, 0.29) is 12.1 Å². The molecule has 0 spiro atoms. The smallest absolute Gasteiger partial charge is 0.405 e. The molecule has 0 aromatic heterocycles. The second-order valence-electron chi connectivity index (χ2n) is 2.40. The van der Waals surface area contributed by atoms with Gasteiger partial charge in [0.1, 0.15) is 6.54 Å². The molecule has 12 heavy (non-hydrogen) atoms. The molecule has 1 atom stereocenters. The Morgan fingerprint density at radius 1 is 1.67 bits per heavy atom. The van der Waals surface area contributed by atoms with E-state index in [1.807, 2.05) is 0 Å². The molecule has 3 nitrogen and oxygen atoms in total. The fraction of sp³-hybridized carbons (Fsp3) is 0.667. The van der Waals surface area contributed by atoms with E-state index in [0.717, 1.165) is 0 Å². The first-order valence-corrected chi connectivity index (χ1v) is 3.41. The standard InChI is InChI=1S/C6H9F3N2O/c1-4-10-2-5(12-4)11-3-6(7,8)9/h2,4,10-11H,3H2,1H3. The van der Waals surface area contributed by atoms with Gasteiger partial charge in [-0.2, -0.15) is 13.2 Å². The molecule has 0 aromatic rings. The Balaban J connectivity index is 2.25. The van der Waals surface area contributed by atoms with Gasteiger partial charge in [0, 0.05) is 0 Å². The first kappa shape index (κ1) is 9.02. The molecule has 70 valence electrons. The Hall–Kier alpha value is -1.07. The third-order valence-electron chi connectivity index (χ3n) is 1.22. The first-order chi connectivity index (χ1) is 5.47. The van der Waals surface area contributed by atoms with Crippen molar-refractivity contribution in [2.24, 2.45) is 0 Å². The molecule has 0 saturated heterocycles. The van der Waals surface area contributed by atoms with Crippen LogP contribution in [0.5, 0.6) is 0 Å². The van der Waals surface area contributed by atoms with Crippen molar-refractivity contribution in [1.82, 2.24) is 10.6 Å². The summed E-state index contributed by atoms with van der Waals surface area (Å²) in [6.07, 6.45) is -3.10. The normalized spacial score (nSPS) is 22.7. The summed E-state index contributed by atoms with van der Waals surface area (Å²) in [5.74, 6) is 0.125. The van der Waals surface area contributed by atoms with Crippen LogP contribution in [0.1, 0.15) is 6.92 Å². The number of hydrogen-bond acceptors (Lipinski definition) is 3. The number of halogens is 3. The fourth-order valence-electron chi connectivity index (χ4n) is 0.732. The van der Waals surface area contributed by atoms with Crippen LogP contribution in [-0.4, -0.2) is 18.9 Å². The molecule has 0 aromatic carbocycles. The van der Waals surface area contributed by atoms with Crippen molar-refractivity contribution in [3.8, 4) is 0 Å². The number of ether oxygens (including phenoxy) is 1. The van der Waals surface area contributed by atoms with Crippen molar-refractivity contribution in [3.63, 3.8) is 0 Å². The molecule has 1 aliphatic heterocycles. The Bertz CT molecular complexity index is 190. The van der Waals surface area contributed by atoms with E-state index in [1.165, 1.54) is 6.20 Å². The Labute approximate surface area is 67.6 Å². The predicted molar refractivity (Wildman–Crippen MR) is 35.8 cm³/mol. The minimum absolute atomic E-state index is 0.125. The minimum Gasteiger partial charge on any atom is -0.455 e. The predicted octanol–water partition coefficient (Wildman–Crippen LogP) is 0.903. The summed E-state index contributed by atoms with van der Waals surface area (Å²) >= 11 is 0. The summed E-state index contributed by atoms with van der Waals surface area (Å²) in [6, 6.07) is 0. The molecule has 1 unspecified atom stereocenters. The van der Waals surface area contributed by atoms with Crippen LogP contribution in [-0.2, 0) is 4.74 Å². The lowest BCUT2D eigenvalue weighted by atomic mass is 10.6. The molecule has 1 aliphatic rings. The van der Waals surface area contributed by atoms with E-state index < -0.39 is 12.7 Å². The van der Waals surface area contributed by atoms with Crippen LogP contribution in [0.3, 0.4) is 0 Å². The van der Waals surface area contributed by atoms with Crippen molar-refractivity contribution < 1.29 is 17.9 Å². The molecule has 1 heterocycles. The van der Waals surface area contributed by atoms with Gasteiger partial charge in [-0.15, -0.1) is 0 Å². The molecule has 0 saturated carbocycles. The van der Waals surface area contributed by atoms with Gasteiger partial charge in [-0.3, -0.25) is 0 Å². The zero-order valence-corrected chi connectivity index (χ0v) is 6.40. The van der Waals surface area contributed by atoms with E-state index in [0.29, 0.717) is 0 Å². The lowest BCUT2D eigenvalue weighted by molar-refractivity contribution is -0.125. The van der Waals surface area contributed by atoms with Crippen LogP contribution < -0.4 is 10.6 Å². The topological polar surface area (TPSA) is 33.3 Å². The summed E-state index contributed by atoms with van der Waals surface area (Å²) in [5, 5.41) is 4.80. The van der Waals surface area contributed by atoms with E-state index in [2.05, 4.69) is 10.6 Å².